The summed E-state index contributed by atoms with van der Waals surface area (Å²) in [6, 6.07) is 0. The maximum absolute atomic E-state index is 7.57. The number of unbranched alkanes of at least 4 members (excludes halogenated alkanes) is 1. The Morgan fingerprint density at radius 1 is 1.38 bits per heavy atom. The monoisotopic (exact) mass is 138 g/mol. The van der Waals surface area contributed by atoms with Gasteiger partial charge in [-0.2, -0.15) is 0 Å². The summed E-state index contributed by atoms with van der Waals surface area (Å²) in [5.74, 6) is 0.816. The van der Waals surface area contributed by atoms with E-state index in [-0.39, 0.29) is 6.61 Å². The third-order valence-corrected chi connectivity index (χ3v) is 0.754. The average molecular weight is 139 g/mol. The van der Waals surface area contributed by atoms with E-state index < -0.39 is 0 Å². The Labute approximate surface area is 56.7 Å². The van der Waals surface area contributed by atoms with Crippen LogP contribution in [-0.2, 0) is 0 Å². The van der Waals surface area contributed by atoms with E-state index in [1.54, 1.807) is 6.92 Å². The summed E-state index contributed by atoms with van der Waals surface area (Å²) < 4.78 is 0. The van der Waals surface area contributed by atoms with Gasteiger partial charge in [0.05, 0.1) is 0 Å². The highest BCUT2D eigenvalue weighted by Crippen LogP contribution is 1.86. The summed E-state index contributed by atoms with van der Waals surface area (Å²) in [5, 5.41) is 7.57. The van der Waals surface area contributed by atoms with Gasteiger partial charge in [0.15, 0.2) is 0 Å². The molecule has 8 heavy (non-hydrogen) atoms. The Kier molecular flexibility index (Phi) is 21.8. The van der Waals surface area contributed by atoms with Crippen LogP contribution in [0.1, 0.15) is 26.7 Å². The van der Waals surface area contributed by atoms with E-state index in [2.05, 4.69) is 6.92 Å². The van der Waals surface area contributed by atoms with Crippen LogP contribution in [0.15, 0.2) is 0 Å². The third kappa shape index (κ3) is 34.0. The molecular formula is C6H15ClO. The fourth-order valence-electron chi connectivity index (χ4n) is 0.134. The number of alkyl halides is 1. The van der Waals surface area contributed by atoms with Gasteiger partial charge in [-0.3, -0.25) is 0 Å². The van der Waals surface area contributed by atoms with E-state index in [9.17, 15) is 0 Å². The largest absolute Gasteiger partial charge is 0.397 e. The van der Waals surface area contributed by atoms with Crippen molar-refractivity contribution in [2.24, 2.45) is 0 Å². The molecular weight excluding hydrogens is 124 g/mol. The molecule has 0 aliphatic heterocycles. The molecule has 0 saturated heterocycles. The molecule has 0 spiro atoms. The van der Waals surface area contributed by atoms with Crippen molar-refractivity contribution in [3.05, 3.63) is 0 Å². The van der Waals surface area contributed by atoms with E-state index in [0.717, 1.165) is 12.3 Å². The summed E-state index contributed by atoms with van der Waals surface area (Å²) >= 11 is 5.30. The molecule has 0 saturated carbocycles. The molecule has 0 atom stereocenters. The van der Waals surface area contributed by atoms with Crippen LogP contribution in [0.25, 0.3) is 0 Å². The number of rotatable bonds is 2. The highest BCUT2D eigenvalue weighted by atomic mass is 35.5. The fraction of sp³-hybridized carbons (Fsp3) is 1.00. The number of aliphatic hydroxyl groups excluding tert-OH is 1. The van der Waals surface area contributed by atoms with Crippen molar-refractivity contribution in [3.63, 3.8) is 0 Å². The lowest BCUT2D eigenvalue weighted by Gasteiger charge is -1.77. The van der Waals surface area contributed by atoms with Crippen LogP contribution in [-0.4, -0.2) is 17.6 Å². The first-order valence-corrected chi connectivity index (χ1v) is 3.53. The first-order valence-electron chi connectivity index (χ1n) is 3.00. The van der Waals surface area contributed by atoms with Crippen molar-refractivity contribution < 1.29 is 5.11 Å². The van der Waals surface area contributed by atoms with E-state index in [0.29, 0.717) is 0 Å². The lowest BCUT2D eigenvalue weighted by molar-refractivity contribution is 0.318. The van der Waals surface area contributed by atoms with Gasteiger partial charge in [0.2, 0.25) is 0 Å². The van der Waals surface area contributed by atoms with Gasteiger partial charge in [-0.1, -0.05) is 13.3 Å². The Bertz CT molecular complexity index is 22.5. The van der Waals surface area contributed by atoms with Crippen LogP contribution in [0.5, 0.6) is 0 Å². The molecule has 0 rings (SSSR count). The summed E-state index contributed by atoms with van der Waals surface area (Å²) in [7, 11) is 0. The molecule has 0 aromatic rings. The molecule has 1 N–H and O–H groups in total. The average Bonchev–Trinajstić information content (AvgIpc) is 1.71. The minimum Gasteiger partial charge on any atom is -0.397 e. The Morgan fingerprint density at radius 3 is 1.75 bits per heavy atom. The quantitative estimate of drug-likeness (QED) is 0.579. The van der Waals surface area contributed by atoms with Crippen molar-refractivity contribution in [1.29, 1.82) is 0 Å². The molecule has 1 nitrogen and oxygen atoms in total. The predicted molar refractivity (Wildman–Crippen MR) is 38.4 cm³/mol. The first kappa shape index (κ1) is 11.1. The molecule has 0 aromatic heterocycles. The lowest BCUT2D eigenvalue weighted by Crippen LogP contribution is -1.65. The van der Waals surface area contributed by atoms with Crippen molar-refractivity contribution in [3.8, 4) is 0 Å². The molecule has 0 radical (unpaired) electrons. The SMILES string of the molecule is CCCCCl.CCO. The fourth-order valence-corrected chi connectivity index (χ4v) is 0.401. The van der Waals surface area contributed by atoms with E-state index in [1.165, 1.54) is 6.42 Å². The molecule has 0 heterocycles. The minimum absolute atomic E-state index is 0.250. The standard InChI is InChI=1S/C4H9Cl.C2H6O/c1-2-3-4-5;1-2-3/h2-4H2,1H3;3H,2H2,1H3. The van der Waals surface area contributed by atoms with Gasteiger partial charge in [0.25, 0.3) is 0 Å². The summed E-state index contributed by atoms with van der Waals surface area (Å²) in [6.07, 6.45) is 2.37. The molecule has 52 valence electrons. The predicted octanol–water partition coefficient (Wildman–Crippen LogP) is 2.02. The van der Waals surface area contributed by atoms with Crippen molar-refractivity contribution in [2.75, 3.05) is 12.5 Å². The van der Waals surface area contributed by atoms with Gasteiger partial charge in [-0.05, 0) is 13.3 Å². The maximum Gasteiger partial charge on any atom is 0.0402 e. The zero-order chi connectivity index (χ0) is 6.83. The molecule has 0 aliphatic rings. The van der Waals surface area contributed by atoms with Crippen LogP contribution >= 0.6 is 11.6 Å². The van der Waals surface area contributed by atoms with Crippen LogP contribution in [0.4, 0.5) is 0 Å². The van der Waals surface area contributed by atoms with Gasteiger partial charge in [0.1, 0.15) is 0 Å². The third-order valence-electron chi connectivity index (χ3n) is 0.487. The molecule has 0 aliphatic carbocycles. The first-order chi connectivity index (χ1) is 3.83. The molecule has 0 unspecified atom stereocenters. The van der Waals surface area contributed by atoms with Crippen LogP contribution in [0.3, 0.4) is 0 Å². The number of hydrogen-bond acceptors (Lipinski definition) is 1. The Morgan fingerprint density at radius 2 is 1.75 bits per heavy atom. The molecule has 0 aromatic carbocycles. The number of aliphatic hydroxyl groups is 1. The minimum atomic E-state index is 0.250. The van der Waals surface area contributed by atoms with E-state index >= 15 is 0 Å². The summed E-state index contributed by atoms with van der Waals surface area (Å²) in [6.45, 7) is 4.06. The lowest BCUT2D eigenvalue weighted by atomic mass is 10.4. The van der Waals surface area contributed by atoms with E-state index in [1.807, 2.05) is 0 Å². The van der Waals surface area contributed by atoms with Crippen molar-refractivity contribution >= 4 is 11.6 Å². The van der Waals surface area contributed by atoms with Crippen molar-refractivity contribution in [2.45, 2.75) is 26.7 Å². The second kappa shape index (κ2) is 15.7. The van der Waals surface area contributed by atoms with Gasteiger partial charge < -0.3 is 5.11 Å². The Hall–Kier alpha value is 0.250. The van der Waals surface area contributed by atoms with Crippen molar-refractivity contribution in [1.82, 2.24) is 0 Å². The Balaban J connectivity index is 0. The van der Waals surface area contributed by atoms with Crippen LogP contribution in [0.2, 0.25) is 0 Å². The zero-order valence-electron chi connectivity index (χ0n) is 5.65. The molecule has 2 heteroatoms. The highest BCUT2D eigenvalue weighted by molar-refractivity contribution is 6.17. The molecule has 0 fully saturated rings. The summed E-state index contributed by atoms with van der Waals surface area (Å²) in [4.78, 5) is 0. The normalized spacial score (nSPS) is 7.50. The number of hydrogen-bond donors (Lipinski definition) is 1. The number of halogens is 1. The smallest absolute Gasteiger partial charge is 0.0402 e. The van der Waals surface area contributed by atoms with Gasteiger partial charge in [-0.25, -0.2) is 0 Å². The maximum atomic E-state index is 7.57. The van der Waals surface area contributed by atoms with Crippen LogP contribution in [0, 0.1) is 0 Å². The molecule has 0 amide bonds. The second-order valence-corrected chi connectivity index (χ2v) is 1.74. The highest BCUT2D eigenvalue weighted by Gasteiger charge is 1.70. The van der Waals surface area contributed by atoms with Gasteiger partial charge >= 0.3 is 0 Å². The van der Waals surface area contributed by atoms with E-state index in [4.69, 9.17) is 16.7 Å². The topological polar surface area (TPSA) is 20.2 Å². The van der Waals surface area contributed by atoms with Gasteiger partial charge in [-0.15, -0.1) is 11.6 Å². The zero-order valence-corrected chi connectivity index (χ0v) is 6.41. The summed E-state index contributed by atoms with van der Waals surface area (Å²) in [5.41, 5.74) is 0. The second-order valence-electron chi connectivity index (χ2n) is 1.36. The van der Waals surface area contributed by atoms with Gasteiger partial charge in [0, 0.05) is 12.5 Å². The molecule has 0 bridgehead atoms. The van der Waals surface area contributed by atoms with Crippen LogP contribution < -0.4 is 0 Å².